The SMILES string of the molecule is COC(=O)[C@@H]1C=C(OC(=O)c2cccnc2)C(=O)[C@H]2[C@@]1(N)CC[C@H]1C(=O)O[C@H](C3(C)C=COC3)C[C@]21N. The Hall–Kier alpha value is -3.57. The number of carbonyl (C=O) groups excluding carboxylic acids is 4. The van der Waals surface area contributed by atoms with Crippen LogP contribution in [0.2, 0.25) is 0 Å². The lowest BCUT2D eigenvalue weighted by Gasteiger charge is -2.59. The standard InChI is InChI=1S/C26H29N3O8/c1-24(7-9-35-13-24)18-11-26(28)15(23(33)37-18)5-6-25(27)16(22(32)34-2)10-17(19(30)20(25)26)36-21(31)14-4-3-8-29-12-14/h3-4,7-10,12,15-16,18,20H,5-6,11,13,27-28H2,1-2H3/t15-,16-,18-,20-,24?,25+,26+/m0/s1. The van der Waals surface area contributed by atoms with E-state index < -0.39 is 64.0 Å². The van der Waals surface area contributed by atoms with Crippen LogP contribution in [0.25, 0.3) is 0 Å². The van der Waals surface area contributed by atoms with Gasteiger partial charge in [0.25, 0.3) is 0 Å². The number of ether oxygens (including phenoxy) is 4. The molecule has 1 saturated carbocycles. The van der Waals surface area contributed by atoms with Gasteiger partial charge in [0.1, 0.15) is 6.10 Å². The highest BCUT2D eigenvalue weighted by Gasteiger charge is 2.68. The minimum absolute atomic E-state index is 0.0979. The maximum atomic E-state index is 14.0. The van der Waals surface area contributed by atoms with Gasteiger partial charge >= 0.3 is 17.9 Å². The van der Waals surface area contributed by atoms with Crippen molar-refractivity contribution in [2.45, 2.75) is 43.4 Å². The highest BCUT2D eigenvalue weighted by Crippen LogP contribution is 2.55. The highest BCUT2D eigenvalue weighted by atomic mass is 16.6. The number of hydrogen-bond donors (Lipinski definition) is 2. The van der Waals surface area contributed by atoms with Gasteiger partial charge in [0.2, 0.25) is 5.78 Å². The smallest absolute Gasteiger partial charge is 0.345 e. The third-order valence-electron chi connectivity index (χ3n) is 8.30. The molecule has 3 heterocycles. The van der Waals surface area contributed by atoms with E-state index in [0.29, 0.717) is 0 Å². The molecule has 0 aromatic carbocycles. The molecule has 4 N–H and O–H groups in total. The normalized spacial score (nSPS) is 38.4. The van der Waals surface area contributed by atoms with Gasteiger partial charge in [-0.3, -0.25) is 19.4 Å². The lowest BCUT2D eigenvalue weighted by molar-refractivity contribution is -0.187. The monoisotopic (exact) mass is 511 g/mol. The van der Waals surface area contributed by atoms with Crippen molar-refractivity contribution in [1.29, 1.82) is 0 Å². The Morgan fingerprint density at radius 1 is 1.22 bits per heavy atom. The van der Waals surface area contributed by atoms with Crippen LogP contribution in [0.3, 0.4) is 0 Å². The number of esters is 3. The maximum absolute atomic E-state index is 14.0. The van der Waals surface area contributed by atoms with Crippen molar-refractivity contribution in [3.63, 3.8) is 0 Å². The Bertz CT molecular complexity index is 1220. The van der Waals surface area contributed by atoms with E-state index in [1.807, 2.05) is 6.92 Å². The summed E-state index contributed by atoms with van der Waals surface area (Å²) in [5, 5.41) is 0. The highest BCUT2D eigenvalue weighted by molar-refractivity contribution is 6.04. The number of nitrogens with two attached hydrogens (primary N) is 2. The number of pyridine rings is 1. The second-order valence-electron chi connectivity index (χ2n) is 10.5. The van der Waals surface area contributed by atoms with E-state index in [1.54, 1.807) is 12.1 Å². The van der Waals surface area contributed by atoms with E-state index in [-0.39, 0.29) is 37.2 Å². The Labute approximate surface area is 213 Å². The molecule has 4 aliphatic rings. The molecule has 0 radical (unpaired) electrons. The maximum Gasteiger partial charge on any atom is 0.345 e. The fourth-order valence-corrected chi connectivity index (χ4v) is 6.23. The van der Waals surface area contributed by atoms with E-state index in [1.165, 1.54) is 37.9 Å². The second kappa shape index (κ2) is 8.77. The summed E-state index contributed by atoms with van der Waals surface area (Å²) < 4.78 is 21.7. The van der Waals surface area contributed by atoms with E-state index in [0.717, 1.165) is 0 Å². The molecule has 0 spiro atoms. The molecule has 1 aromatic heterocycles. The Morgan fingerprint density at radius 2 is 2.00 bits per heavy atom. The van der Waals surface area contributed by atoms with Crippen molar-refractivity contribution >= 4 is 23.7 Å². The van der Waals surface area contributed by atoms with Crippen LogP contribution in [0, 0.1) is 23.2 Å². The second-order valence-corrected chi connectivity index (χ2v) is 10.5. The molecule has 5 rings (SSSR count). The number of allylic oxidation sites excluding steroid dienone is 1. The first-order valence-electron chi connectivity index (χ1n) is 12.1. The van der Waals surface area contributed by atoms with Crippen LogP contribution >= 0.6 is 0 Å². The summed E-state index contributed by atoms with van der Waals surface area (Å²) in [5.41, 5.74) is 10.4. The molecule has 11 heteroatoms. The Kier molecular flexibility index (Phi) is 5.95. The van der Waals surface area contributed by atoms with Crippen molar-refractivity contribution in [3.05, 3.63) is 54.3 Å². The summed E-state index contributed by atoms with van der Waals surface area (Å²) in [6.07, 6.45) is 7.10. The van der Waals surface area contributed by atoms with Crippen LogP contribution in [-0.2, 0) is 33.3 Å². The summed E-state index contributed by atoms with van der Waals surface area (Å²) in [5.74, 6) is -6.29. The van der Waals surface area contributed by atoms with Gasteiger partial charge in [-0.15, -0.1) is 0 Å². The van der Waals surface area contributed by atoms with Gasteiger partial charge in [0, 0.05) is 29.9 Å². The summed E-state index contributed by atoms with van der Waals surface area (Å²) in [6.45, 7) is 2.15. The van der Waals surface area contributed by atoms with Gasteiger partial charge in [-0.1, -0.05) is 0 Å². The number of carbonyl (C=O) groups is 4. The summed E-state index contributed by atoms with van der Waals surface area (Å²) in [4.78, 5) is 56.8. The predicted octanol–water partition coefficient (Wildman–Crippen LogP) is 0.781. The zero-order chi connectivity index (χ0) is 26.6. The molecule has 1 saturated heterocycles. The first kappa shape index (κ1) is 25.1. The van der Waals surface area contributed by atoms with Crippen molar-refractivity contribution in [2.24, 2.45) is 34.6 Å². The van der Waals surface area contributed by atoms with Crippen LogP contribution in [0.15, 0.2) is 48.7 Å². The zero-order valence-corrected chi connectivity index (χ0v) is 20.5. The number of methoxy groups -OCH3 is 1. The third-order valence-corrected chi connectivity index (χ3v) is 8.30. The van der Waals surface area contributed by atoms with Crippen molar-refractivity contribution in [3.8, 4) is 0 Å². The van der Waals surface area contributed by atoms with Crippen molar-refractivity contribution in [2.75, 3.05) is 13.7 Å². The summed E-state index contributed by atoms with van der Waals surface area (Å²) >= 11 is 0. The number of Topliss-reactive ketones (excluding diaryl/α,β-unsaturated/α-hetero) is 1. The van der Waals surface area contributed by atoms with E-state index in [2.05, 4.69) is 4.98 Å². The number of fused-ring (bicyclic) bond motifs is 3. The van der Waals surface area contributed by atoms with Gasteiger partial charge in [-0.2, -0.15) is 0 Å². The van der Waals surface area contributed by atoms with Crippen molar-refractivity contribution in [1.82, 2.24) is 4.98 Å². The lowest BCUT2D eigenvalue weighted by Crippen LogP contribution is -2.77. The van der Waals surface area contributed by atoms with Gasteiger partial charge in [-0.05, 0) is 44.1 Å². The summed E-state index contributed by atoms with van der Waals surface area (Å²) in [6, 6.07) is 3.03. The Morgan fingerprint density at radius 3 is 2.65 bits per heavy atom. The van der Waals surface area contributed by atoms with Gasteiger partial charge in [0.05, 0.1) is 48.7 Å². The number of cyclic esters (lactones) is 1. The first-order chi connectivity index (χ1) is 17.5. The predicted molar refractivity (Wildman–Crippen MR) is 126 cm³/mol. The molecule has 0 amide bonds. The number of aromatic nitrogens is 1. The molecule has 7 atom stereocenters. The zero-order valence-electron chi connectivity index (χ0n) is 20.5. The van der Waals surface area contributed by atoms with Gasteiger partial charge < -0.3 is 30.4 Å². The fourth-order valence-electron chi connectivity index (χ4n) is 6.23. The first-order valence-corrected chi connectivity index (χ1v) is 12.1. The third kappa shape index (κ3) is 3.84. The summed E-state index contributed by atoms with van der Waals surface area (Å²) in [7, 11) is 1.21. The fraction of sp³-hybridized carbons (Fsp3) is 0.500. The molecule has 2 aliphatic heterocycles. The minimum atomic E-state index is -1.48. The van der Waals surface area contributed by atoms with Crippen LogP contribution < -0.4 is 11.5 Å². The number of ketones is 1. The van der Waals surface area contributed by atoms with Gasteiger partial charge in [-0.25, -0.2) is 4.79 Å². The van der Waals surface area contributed by atoms with Crippen LogP contribution in [0.1, 0.15) is 36.5 Å². The topological polar surface area (TPSA) is 170 Å². The van der Waals surface area contributed by atoms with E-state index in [9.17, 15) is 19.2 Å². The van der Waals surface area contributed by atoms with Crippen LogP contribution in [0.4, 0.5) is 0 Å². The van der Waals surface area contributed by atoms with Crippen LogP contribution in [0.5, 0.6) is 0 Å². The average molecular weight is 512 g/mol. The van der Waals surface area contributed by atoms with Gasteiger partial charge in [0.15, 0.2) is 5.76 Å². The molecule has 0 bridgehead atoms. The molecule has 1 unspecified atom stereocenters. The number of rotatable bonds is 4. The molecule has 196 valence electrons. The molecular weight excluding hydrogens is 482 g/mol. The number of hydrogen-bond acceptors (Lipinski definition) is 11. The van der Waals surface area contributed by atoms with E-state index in [4.69, 9.17) is 30.4 Å². The molecule has 2 fully saturated rings. The van der Waals surface area contributed by atoms with E-state index >= 15 is 0 Å². The number of nitrogens with zero attached hydrogens (tertiary/aromatic N) is 1. The average Bonchev–Trinajstić information content (AvgIpc) is 3.32. The Balaban J connectivity index is 1.57. The molecular formula is C26H29N3O8. The molecule has 2 aliphatic carbocycles. The molecule has 37 heavy (non-hydrogen) atoms. The molecule has 1 aromatic rings. The van der Waals surface area contributed by atoms with Crippen LogP contribution in [-0.4, -0.2) is 59.6 Å². The lowest BCUT2D eigenvalue weighted by atomic mass is 9.49. The van der Waals surface area contributed by atoms with Crippen molar-refractivity contribution < 1.29 is 38.1 Å². The minimum Gasteiger partial charge on any atom is -0.500 e. The quantitative estimate of drug-likeness (QED) is 0.432. The largest absolute Gasteiger partial charge is 0.500 e. The molecule has 11 nitrogen and oxygen atoms in total.